The van der Waals surface area contributed by atoms with Gasteiger partial charge in [-0.2, -0.15) is 0 Å². The Kier molecular flexibility index (Phi) is 6.10. The van der Waals surface area contributed by atoms with E-state index in [0.29, 0.717) is 5.13 Å². The third kappa shape index (κ3) is 4.50. The second kappa shape index (κ2) is 7.86. The van der Waals surface area contributed by atoms with E-state index in [4.69, 9.17) is 0 Å². The molecule has 1 aliphatic heterocycles. The van der Waals surface area contributed by atoms with Crippen LogP contribution in [0.1, 0.15) is 30.4 Å². The summed E-state index contributed by atoms with van der Waals surface area (Å²) in [6, 6.07) is 6.19. The molecule has 0 spiro atoms. The Labute approximate surface area is 146 Å². The number of nitrogens with zero attached hydrogens (tertiary/aromatic N) is 2. The summed E-state index contributed by atoms with van der Waals surface area (Å²) in [6.45, 7) is 5.03. The van der Waals surface area contributed by atoms with Crippen LogP contribution in [0.3, 0.4) is 0 Å². The lowest BCUT2D eigenvalue weighted by atomic mass is 10.0. The molecule has 0 radical (unpaired) electrons. The number of anilines is 1. The molecule has 7 heteroatoms. The van der Waals surface area contributed by atoms with Gasteiger partial charge in [0.15, 0.2) is 0 Å². The molecule has 1 aliphatic rings. The number of amides is 1. The van der Waals surface area contributed by atoms with E-state index in [-0.39, 0.29) is 24.4 Å². The molecule has 3 rings (SSSR count). The number of halogens is 1. The molecule has 1 unspecified atom stereocenters. The van der Waals surface area contributed by atoms with Crippen molar-refractivity contribution in [2.45, 2.75) is 39.2 Å². The molecule has 0 aliphatic carbocycles. The maximum absolute atomic E-state index is 12.2. The van der Waals surface area contributed by atoms with Gasteiger partial charge in [-0.1, -0.05) is 35.0 Å². The Bertz CT molecular complexity index is 662. The molecule has 2 N–H and O–H groups in total. The SMILES string of the molecule is Cc1cc(C)cc(-c2nnc(NC(=O)C3CCCCN3)s2)c1.Cl. The number of piperidine rings is 1. The summed E-state index contributed by atoms with van der Waals surface area (Å²) in [4.78, 5) is 12.2. The molecule has 23 heavy (non-hydrogen) atoms. The highest BCUT2D eigenvalue weighted by Gasteiger charge is 2.21. The van der Waals surface area contributed by atoms with Gasteiger partial charge in [-0.25, -0.2) is 0 Å². The zero-order chi connectivity index (χ0) is 15.5. The lowest BCUT2D eigenvalue weighted by molar-refractivity contribution is -0.118. The Morgan fingerprint density at radius 3 is 2.61 bits per heavy atom. The van der Waals surface area contributed by atoms with Gasteiger partial charge in [0.1, 0.15) is 5.01 Å². The number of hydrogen-bond acceptors (Lipinski definition) is 5. The van der Waals surface area contributed by atoms with Crippen LogP contribution < -0.4 is 10.6 Å². The molecular formula is C16H21ClN4OS. The van der Waals surface area contributed by atoms with E-state index in [1.54, 1.807) is 0 Å². The smallest absolute Gasteiger partial charge is 0.243 e. The van der Waals surface area contributed by atoms with Crippen LogP contribution in [0.2, 0.25) is 0 Å². The summed E-state index contributed by atoms with van der Waals surface area (Å²) in [7, 11) is 0. The maximum Gasteiger partial charge on any atom is 0.243 e. The van der Waals surface area contributed by atoms with E-state index in [0.717, 1.165) is 36.4 Å². The van der Waals surface area contributed by atoms with Crippen LogP contribution >= 0.6 is 23.7 Å². The monoisotopic (exact) mass is 352 g/mol. The molecule has 1 fully saturated rings. The molecule has 0 saturated carbocycles. The van der Waals surface area contributed by atoms with Crippen molar-refractivity contribution >= 4 is 34.8 Å². The zero-order valence-electron chi connectivity index (χ0n) is 13.3. The number of aryl methyl sites for hydroxylation is 2. The van der Waals surface area contributed by atoms with E-state index in [1.807, 2.05) is 0 Å². The minimum Gasteiger partial charge on any atom is -0.306 e. The minimum absolute atomic E-state index is 0. The van der Waals surface area contributed by atoms with Gasteiger partial charge in [0.25, 0.3) is 0 Å². The van der Waals surface area contributed by atoms with Gasteiger partial charge in [-0.15, -0.1) is 22.6 Å². The van der Waals surface area contributed by atoms with Gasteiger partial charge in [-0.05, 0) is 45.4 Å². The number of carbonyl (C=O) groups is 1. The highest BCUT2D eigenvalue weighted by atomic mass is 35.5. The molecule has 1 saturated heterocycles. The van der Waals surface area contributed by atoms with E-state index in [2.05, 4.69) is 52.9 Å². The van der Waals surface area contributed by atoms with Crippen LogP contribution in [0.4, 0.5) is 5.13 Å². The molecular weight excluding hydrogens is 332 g/mol. The van der Waals surface area contributed by atoms with Gasteiger partial charge < -0.3 is 5.32 Å². The van der Waals surface area contributed by atoms with Crippen LogP contribution in [-0.4, -0.2) is 28.7 Å². The van der Waals surface area contributed by atoms with Crippen molar-refractivity contribution in [1.82, 2.24) is 15.5 Å². The minimum atomic E-state index is -0.109. The topological polar surface area (TPSA) is 66.9 Å². The van der Waals surface area contributed by atoms with Crippen molar-refractivity contribution in [3.63, 3.8) is 0 Å². The van der Waals surface area contributed by atoms with Crippen LogP contribution in [-0.2, 0) is 4.79 Å². The summed E-state index contributed by atoms with van der Waals surface area (Å²) in [5.74, 6) is -0.0113. The van der Waals surface area contributed by atoms with Gasteiger partial charge in [0.2, 0.25) is 11.0 Å². The summed E-state index contributed by atoms with van der Waals surface area (Å²) in [5.41, 5.74) is 3.44. The fourth-order valence-corrected chi connectivity index (χ4v) is 3.49. The molecule has 1 aromatic carbocycles. The first-order valence-electron chi connectivity index (χ1n) is 7.58. The Balaban J connectivity index is 0.00000192. The summed E-state index contributed by atoms with van der Waals surface area (Å²) in [6.07, 6.45) is 3.11. The number of hydrogen-bond donors (Lipinski definition) is 2. The molecule has 1 atom stereocenters. The molecule has 124 valence electrons. The summed E-state index contributed by atoms with van der Waals surface area (Å²) < 4.78 is 0. The summed E-state index contributed by atoms with van der Waals surface area (Å²) >= 11 is 1.41. The number of rotatable bonds is 3. The van der Waals surface area contributed by atoms with Crippen LogP contribution in [0.5, 0.6) is 0 Å². The van der Waals surface area contributed by atoms with Crippen molar-refractivity contribution in [3.8, 4) is 10.6 Å². The van der Waals surface area contributed by atoms with Gasteiger partial charge >= 0.3 is 0 Å². The average Bonchev–Trinajstić information content (AvgIpc) is 2.96. The fourth-order valence-electron chi connectivity index (χ4n) is 2.76. The van der Waals surface area contributed by atoms with Crippen molar-refractivity contribution < 1.29 is 4.79 Å². The Morgan fingerprint density at radius 1 is 1.22 bits per heavy atom. The van der Waals surface area contributed by atoms with Gasteiger partial charge in [0, 0.05) is 5.56 Å². The highest BCUT2D eigenvalue weighted by molar-refractivity contribution is 7.18. The number of aromatic nitrogens is 2. The molecule has 2 heterocycles. The van der Waals surface area contributed by atoms with E-state index in [9.17, 15) is 4.79 Å². The average molecular weight is 353 g/mol. The largest absolute Gasteiger partial charge is 0.306 e. The fraction of sp³-hybridized carbons (Fsp3) is 0.438. The van der Waals surface area contributed by atoms with Crippen molar-refractivity contribution in [2.24, 2.45) is 0 Å². The van der Waals surface area contributed by atoms with Crippen LogP contribution in [0.25, 0.3) is 10.6 Å². The van der Waals surface area contributed by atoms with E-state index >= 15 is 0 Å². The summed E-state index contributed by atoms with van der Waals surface area (Å²) in [5, 5.41) is 15.8. The quantitative estimate of drug-likeness (QED) is 0.889. The van der Waals surface area contributed by atoms with Gasteiger partial charge in [-0.3, -0.25) is 10.1 Å². The number of nitrogens with one attached hydrogen (secondary N) is 2. The first kappa shape index (κ1) is 17.8. The lowest BCUT2D eigenvalue weighted by Gasteiger charge is -2.21. The normalized spacial score (nSPS) is 17.4. The molecule has 1 aromatic heterocycles. The predicted octanol–water partition coefficient (Wildman–Crippen LogP) is 3.32. The Hall–Kier alpha value is -1.50. The van der Waals surface area contributed by atoms with E-state index < -0.39 is 0 Å². The molecule has 2 aromatic rings. The van der Waals surface area contributed by atoms with Crippen molar-refractivity contribution in [2.75, 3.05) is 11.9 Å². The number of carbonyl (C=O) groups excluding carboxylic acids is 1. The second-order valence-electron chi connectivity index (χ2n) is 5.78. The first-order chi connectivity index (χ1) is 10.6. The standard InChI is InChI=1S/C16H20N4OS.ClH/c1-10-7-11(2)9-12(8-10)15-19-20-16(22-15)18-14(21)13-5-3-4-6-17-13;/h7-9,13,17H,3-6H2,1-2H3,(H,18,20,21);1H. The zero-order valence-corrected chi connectivity index (χ0v) is 14.9. The number of benzene rings is 1. The van der Waals surface area contributed by atoms with Crippen molar-refractivity contribution in [3.05, 3.63) is 29.3 Å². The molecule has 5 nitrogen and oxygen atoms in total. The van der Waals surface area contributed by atoms with Crippen LogP contribution in [0, 0.1) is 13.8 Å². The highest BCUT2D eigenvalue weighted by Crippen LogP contribution is 2.28. The third-order valence-electron chi connectivity index (χ3n) is 3.75. The van der Waals surface area contributed by atoms with Crippen LogP contribution in [0.15, 0.2) is 18.2 Å². The maximum atomic E-state index is 12.2. The first-order valence-corrected chi connectivity index (χ1v) is 8.40. The molecule has 1 amide bonds. The predicted molar refractivity (Wildman–Crippen MR) is 96.3 cm³/mol. The molecule has 0 bridgehead atoms. The van der Waals surface area contributed by atoms with Gasteiger partial charge in [0.05, 0.1) is 6.04 Å². The van der Waals surface area contributed by atoms with Crippen molar-refractivity contribution in [1.29, 1.82) is 0 Å². The Morgan fingerprint density at radius 2 is 1.96 bits per heavy atom. The lowest BCUT2D eigenvalue weighted by Crippen LogP contribution is -2.43. The third-order valence-corrected chi connectivity index (χ3v) is 4.64. The second-order valence-corrected chi connectivity index (χ2v) is 6.76. The van der Waals surface area contributed by atoms with E-state index in [1.165, 1.54) is 22.5 Å².